The van der Waals surface area contributed by atoms with E-state index < -0.39 is 0 Å². The Hall–Kier alpha value is -1.97. The molecule has 0 saturated carbocycles. The van der Waals surface area contributed by atoms with Crippen LogP contribution in [-0.4, -0.2) is 16.9 Å². The smallest absolute Gasteiger partial charge is 0.124 e. The van der Waals surface area contributed by atoms with E-state index in [1.54, 1.807) is 7.11 Å². The molecule has 0 radical (unpaired) electrons. The van der Waals surface area contributed by atoms with Crippen LogP contribution < -0.4 is 10.1 Å². The molecule has 0 bridgehead atoms. The predicted octanol–water partition coefficient (Wildman–Crippen LogP) is 3.61. The Labute approximate surface area is 120 Å². The van der Waals surface area contributed by atoms with Crippen molar-refractivity contribution in [3.05, 3.63) is 41.2 Å². The zero-order valence-electron chi connectivity index (χ0n) is 12.9. The SMILES string of the molecule is CCC(Nc1c(C)nn(C)c1C)c1ccccc1OC. The van der Waals surface area contributed by atoms with Crippen LogP contribution >= 0.6 is 0 Å². The highest BCUT2D eigenvalue weighted by molar-refractivity contribution is 5.54. The molecule has 0 aliphatic heterocycles. The number of aromatic nitrogens is 2. The van der Waals surface area contributed by atoms with Crippen molar-refractivity contribution in [1.29, 1.82) is 0 Å². The summed E-state index contributed by atoms with van der Waals surface area (Å²) < 4.78 is 7.38. The molecule has 0 amide bonds. The fourth-order valence-corrected chi connectivity index (χ4v) is 2.51. The minimum atomic E-state index is 0.216. The molecule has 2 aromatic rings. The van der Waals surface area contributed by atoms with Crippen LogP contribution in [0.4, 0.5) is 5.69 Å². The Kier molecular flexibility index (Phi) is 4.32. The molecule has 4 heteroatoms. The van der Waals surface area contributed by atoms with Crippen molar-refractivity contribution in [1.82, 2.24) is 9.78 Å². The van der Waals surface area contributed by atoms with E-state index in [1.807, 2.05) is 36.9 Å². The van der Waals surface area contributed by atoms with E-state index in [0.29, 0.717) is 0 Å². The van der Waals surface area contributed by atoms with E-state index in [4.69, 9.17) is 4.74 Å². The first-order chi connectivity index (χ1) is 9.58. The molecule has 0 saturated heterocycles. The molecule has 0 aliphatic rings. The number of benzene rings is 1. The van der Waals surface area contributed by atoms with Crippen molar-refractivity contribution < 1.29 is 4.74 Å². The molecular formula is C16H23N3O. The lowest BCUT2D eigenvalue weighted by Gasteiger charge is -2.21. The largest absolute Gasteiger partial charge is 0.496 e. The predicted molar refractivity (Wildman–Crippen MR) is 82.3 cm³/mol. The van der Waals surface area contributed by atoms with Gasteiger partial charge in [-0.25, -0.2) is 0 Å². The number of aryl methyl sites for hydroxylation is 2. The summed E-state index contributed by atoms with van der Waals surface area (Å²) >= 11 is 0. The van der Waals surface area contributed by atoms with Gasteiger partial charge in [0.15, 0.2) is 0 Å². The van der Waals surface area contributed by atoms with Gasteiger partial charge in [0.2, 0.25) is 0 Å². The topological polar surface area (TPSA) is 39.1 Å². The molecule has 0 fully saturated rings. The second-order valence-electron chi connectivity index (χ2n) is 5.02. The van der Waals surface area contributed by atoms with E-state index in [1.165, 1.54) is 5.56 Å². The van der Waals surface area contributed by atoms with E-state index in [9.17, 15) is 0 Å². The quantitative estimate of drug-likeness (QED) is 0.904. The van der Waals surface area contributed by atoms with E-state index >= 15 is 0 Å². The summed E-state index contributed by atoms with van der Waals surface area (Å²) in [5.74, 6) is 0.922. The fraction of sp³-hybridized carbons (Fsp3) is 0.438. The summed E-state index contributed by atoms with van der Waals surface area (Å²) in [6.45, 7) is 6.28. The molecule has 20 heavy (non-hydrogen) atoms. The van der Waals surface area contributed by atoms with Crippen LogP contribution in [-0.2, 0) is 7.05 Å². The normalized spacial score (nSPS) is 12.2. The van der Waals surface area contributed by atoms with Crippen molar-refractivity contribution in [3.8, 4) is 5.75 Å². The molecular weight excluding hydrogens is 250 g/mol. The van der Waals surface area contributed by atoms with Crippen molar-refractivity contribution in [2.45, 2.75) is 33.2 Å². The minimum Gasteiger partial charge on any atom is -0.496 e. The lowest BCUT2D eigenvalue weighted by molar-refractivity contribution is 0.406. The fourth-order valence-electron chi connectivity index (χ4n) is 2.51. The van der Waals surface area contributed by atoms with Crippen molar-refractivity contribution >= 4 is 5.69 Å². The van der Waals surface area contributed by atoms with E-state index in [0.717, 1.165) is 29.2 Å². The Morgan fingerprint density at radius 3 is 2.55 bits per heavy atom. The molecule has 108 valence electrons. The molecule has 4 nitrogen and oxygen atoms in total. The summed E-state index contributed by atoms with van der Waals surface area (Å²) in [7, 11) is 3.68. The van der Waals surface area contributed by atoms with Crippen LogP contribution in [0.3, 0.4) is 0 Å². The molecule has 1 aromatic heterocycles. The Morgan fingerprint density at radius 2 is 2.00 bits per heavy atom. The Morgan fingerprint density at radius 1 is 1.30 bits per heavy atom. The van der Waals surface area contributed by atoms with Crippen molar-refractivity contribution in [3.63, 3.8) is 0 Å². The third kappa shape index (κ3) is 2.64. The van der Waals surface area contributed by atoms with Gasteiger partial charge in [0, 0.05) is 12.6 Å². The number of para-hydroxylation sites is 1. The third-order valence-corrected chi connectivity index (χ3v) is 3.75. The first kappa shape index (κ1) is 14.4. The first-order valence-corrected chi connectivity index (χ1v) is 6.98. The molecule has 0 aliphatic carbocycles. The average molecular weight is 273 g/mol. The van der Waals surface area contributed by atoms with Gasteiger partial charge in [-0.15, -0.1) is 0 Å². The molecule has 1 N–H and O–H groups in total. The van der Waals surface area contributed by atoms with Crippen LogP contribution in [0.5, 0.6) is 5.75 Å². The third-order valence-electron chi connectivity index (χ3n) is 3.75. The Balaban J connectivity index is 2.34. The molecule has 2 rings (SSSR count). The number of nitrogens with zero attached hydrogens (tertiary/aromatic N) is 2. The Bertz CT molecular complexity index is 589. The van der Waals surface area contributed by atoms with Gasteiger partial charge in [0.05, 0.1) is 30.2 Å². The van der Waals surface area contributed by atoms with Gasteiger partial charge in [0.1, 0.15) is 5.75 Å². The van der Waals surface area contributed by atoms with Crippen LogP contribution in [0.15, 0.2) is 24.3 Å². The number of hydrogen-bond donors (Lipinski definition) is 1. The molecule has 1 unspecified atom stereocenters. The maximum atomic E-state index is 5.47. The lowest BCUT2D eigenvalue weighted by atomic mass is 10.0. The molecule has 1 heterocycles. The van der Waals surface area contributed by atoms with Gasteiger partial charge < -0.3 is 10.1 Å². The molecule has 1 atom stereocenters. The van der Waals surface area contributed by atoms with Crippen LogP contribution in [0.1, 0.15) is 36.3 Å². The zero-order chi connectivity index (χ0) is 14.7. The highest BCUT2D eigenvalue weighted by Gasteiger charge is 2.17. The van der Waals surface area contributed by atoms with Gasteiger partial charge in [-0.3, -0.25) is 4.68 Å². The number of rotatable bonds is 5. The first-order valence-electron chi connectivity index (χ1n) is 6.98. The summed E-state index contributed by atoms with van der Waals surface area (Å²) in [5.41, 5.74) is 4.47. The maximum absolute atomic E-state index is 5.47. The van der Waals surface area contributed by atoms with E-state index in [2.05, 4.69) is 30.3 Å². The number of hydrogen-bond acceptors (Lipinski definition) is 3. The summed E-state index contributed by atoms with van der Waals surface area (Å²) in [6, 6.07) is 8.37. The number of nitrogens with one attached hydrogen (secondary N) is 1. The van der Waals surface area contributed by atoms with Gasteiger partial charge in [-0.2, -0.15) is 5.10 Å². The van der Waals surface area contributed by atoms with Crippen molar-refractivity contribution in [2.24, 2.45) is 7.05 Å². The summed E-state index contributed by atoms with van der Waals surface area (Å²) in [6.07, 6.45) is 0.980. The van der Waals surface area contributed by atoms with Gasteiger partial charge in [-0.1, -0.05) is 25.1 Å². The molecule has 1 aromatic carbocycles. The maximum Gasteiger partial charge on any atom is 0.124 e. The van der Waals surface area contributed by atoms with E-state index in [-0.39, 0.29) is 6.04 Å². The number of ether oxygens (including phenoxy) is 1. The minimum absolute atomic E-state index is 0.216. The average Bonchev–Trinajstić information content (AvgIpc) is 2.70. The standard InChI is InChI=1S/C16H23N3O/c1-6-14(13-9-7-8-10-15(13)20-5)17-16-11(2)18-19(4)12(16)3/h7-10,14,17H,6H2,1-5H3. The van der Waals surface area contributed by atoms with Crippen LogP contribution in [0, 0.1) is 13.8 Å². The highest BCUT2D eigenvalue weighted by Crippen LogP contribution is 2.31. The second kappa shape index (κ2) is 5.99. The number of anilines is 1. The zero-order valence-corrected chi connectivity index (χ0v) is 12.9. The summed E-state index contributed by atoms with van der Waals surface area (Å²) in [4.78, 5) is 0. The lowest BCUT2D eigenvalue weighted by Crippen LogP contribution is -2.12. The highest BCUT2D eigenvalue weighted by atomic mass is 16.5. The number of methoxy groups -OCH3 is 1. The molecule has 0 spiro atoms. The monoisotopic (exact) mass is 273 g/mol. The second-order valence-corrected chi connectivity index (χ2v) is 5.02. The van der Waals surface area contributed by atoms with Crippen molar-refractivity contribution in [2.75, 3.05) is 12.4 Å². The summed E-state index contributed by atoms with van der Waals surface area (Å²) in [5, 5.41) is 8.07. The van der Waals surface area contributed by atoms with Gasteiger partial charge in [-0.05, 0) is 26.3 Å². The van der Waals surface area contributed by atoms with Crippen LogP contribution in [0.2, 0.25) is 0 Å². The van der Waals surface area contributed by atoms with Crippen LogP contribution in [0.25, 0.3) is 0 Å². The van der Waals surface area contributed by atoms with Gasteiger partial charge >= 0.3 is 0 Å². The van der Waals surface area contributed by atoms with Gasteiger partial charge in [0.25, 0.3) is 0 Å².